The lowest BCUT2D eigenvalue weighted by molar-refractivity contribution is -0.154. The summed E-state index contributed by atoms with van der Waals surface area (Å²) in [6, 6.07) is -0.524. The number of rotatable bonds is 9. The van der Waals surface area contributed by atoms with Gasteiger partial charge in [-0.3, -0.25) is 14.5 Å². The Morgan fingerprint density at radius 3 is 2.17 bits per heavy atom. The molecule has 0 unspecified atom stereocenters. The average molecular weight is 499 g/mol. The van der Waals surface area contributed by atoms with Crippen molar-refractivity contribution < 1.29 is 18.4 Å². The van der Waals surface area contributed by atoms with Gasteiger partial charge in [-0.15, -0.1) is 0 Å². The van der Waals surface area contributed by atoms with Crippen LogP contribution in [-0.2, 0) is 9.59 Å². The van der Waals surface area contributed by atoms with E-state index in [1.807, 2.05) is 16.8 Å². The van der Waals surface area contributed by atoms with E-state index in [4.69, 9.17) is 0 Å². The van der Waals surface area contributed by atoms with Gasteiger partial charge in [0.25, 0.3) is 5.92 Å². The van der Waals surface area contributed by atoms with Gasteiger partial charge in [0.1, 0.15) is 6.04 Å². The molecule has 3 fully saturated rings. The first-order valence-corrected chi connectivity index (χ1v) is 13.9. The number of likely N-dealkylation sites (N-methyl/N-ethyl adjacent to an activating group) is 1. The second-order valence-electron chi connectivity index (χ2n) is 12.1. The van der Waals surface area contributed by atoms with E-state index >= 15 is 0 Å². The number of hydrogen-bond donors (Lipinski definition) is 0. The summed E-state index contributed by atoms with van der Waals surface area (Å²) in [6.45, 7) is 13.2. The monoisotopic (exact) mass is 498 g/mol. The fraction of sp³-hybridized carbons (Fsp3) is 0.926. The standard InChI is InChI=1S/C27H48F2N4O2/c1-20(2)18-23-26(35)33(17-16-30(23)5)24(19-21(3)4)25(34)32-12-7-22(8-13-32)6-11-31-14-9-27(28,29)10-15-31/h20-24H,6-19H2,1-5H3/t23-,24-/m0/s1. The maximum absolute atomic E-state index is 13.7. The van der Waals surface area contributed by atoms with Crippen molar-refractivity contribution in [1.82, 2.24) is 19.6 Å². The molecule has 8 heteroatoms. The molecule has 0 aliphatic carbocycles. The van der Waals surface area contributed by atoms with Crippen LogP contribution >= 0.6 is 0 Å². The molecule has 0 saturated carbocycles. The molecule has 0 N–H and O–H groups in total. The van der Waals surface area contributed by atoms with Crippen LogP contribution in [-0.4, -0.2) is 102 Å². The third-order valence-corrected chi connectivity index (χ3v) is 8.21. The minimum atomic E-state index is -2.49. The molecule has 2 atom stereocenters. The Bertz CT molecular complexity index is 699. The van der Waals surface area contributed by atoms with Crippen LogP contribution in [0.1, 0.15) is 72.6 Å². The highest BCUT2D eigenvalue weighted by Gasteiger charge is 2.41. The lowest BCUT2D eigenvalue weighted by Crippen LogP contribution is -2.62. The number of alkyl halides is 2. The van der Waals surface area contributed by atoms with Gasteiger partial charge in [-0.2, -0.15) is 0 Å². The number of hydrogen-bond acceptors (Lipinski definition) is 4. The molecule has 0 bridgehead atoms. The van der Waals surface area contributed by atoms with Crippen LogP contribution in [0.15, 0.2) is 0 Å². The van der Waals surface area contributed by atoms with Gasteiger partial charge in [0, 0.05) is 52.1 Å². The maximum atomic E-state index is 13.7. The van der Waals surface area contributed by atoms with E-state index in [-0.39, 0.29) is 36.7 Å². The molecule has 3 heterocycles. The average Bonchev–Trinajstić information content (AvgIpc) is 2.79. The molecule has 3 aliphatic rings. The number of amides is 2. The highest BCUT2D eigenvalue weighted by Crippen LogP contribution is 2.29. The summed E-state index contributed by atoms with van der Waals surface area (Å²) in [7, 11) is 2.02. The van der Waals surface area contributed by atoms with Gasteiger partial charge in [-0.25, -0.2) is 8.78 Å². The molecule has 0 spiro atoms. The van der Waals surface area contributed by atoms with Gasteiger partial charge in [0.15, 0.2) is 0 Å². The van der Waals surface area contributed by atoms with Crippen molar-refractivity contribution in [2.45, 2.75) is 90.6 Å². The van der Waals surface area contributed by atoms with Gasteiger partial charge in [-0.1, -0.05) is 27.7 Å². The molecule has 2 amide bonds. The van der Waals surface area contributed by atoms with E-state index in [1.165, 1.54) is 0 Å². The molecule has 3 aliphatic heterocycles. The predicted octanol–water partition coefficient (Wildman–Crippen LogP) is 3.95. The van der Waals surface area contributed by atoms with E-state index in [9.17, 15) is 18.4 Å². The Kier molecular flexibility index (Phi) is 9.95. The number of piperidine rings is 2. The summed E-state index contributed by atoms with van der Waals surface area (Å²) in [5, 5.41) is 0. The molecule has 6 nitrogen and oxygen atoms in total. The molecule has 0 aromatic carbocycles. The summed E-state index contributed by atoms with van der Waals surface area (Å²) in [5.41, 5.74) is 0. The van der Waals surface area contributed by atoms with Crippen molar-refractivity contribution in [2.24, 2.45) is 17.8 Å². The number of nitrogens with zero attached hydrogens (tertiary/aromatic N) is 4. The lowest BCUT2D eigenvalue weighted by atomic mass is 9.91. The second kappa shape index (κ2) is 12.3. The first kappa shape index (κ1) is 28.3. The fourth-order valence-electron chi connectivity index (χ4n) is 5.88. The van der Waals surface area contributed by atoms with Crippen LogP contribution in [0.4, 0.5) is 8.78 Å². The van der Waals surface area contributed by atoms with Crippen LogP contribution in [0.2, 0.25) is 0 Å². The van der Waals surface area contributed by atoms with Gasteiger partial charge >= 0.3 is 0 Å². The first-order chi connectivity index (χ1) is 16.5. The molecule has 3 saturated heterocycles. The minimum absolute atomic E-state index is 0.0276. The Morgan fingerprint density at radius 1 is 0.971 bits per heavy atom. The number of piperazine rings is 1. The zero-order valence-corrected chi connectivity index (χ0v) is 22.6. The first-order valence-electron chi connectivity index (χ1n) is 13.9. The van der Waals surface area contributed by atoms with Gasteiger partial charge in [0.2, 0.25) is 11.8 Å². The summed E-state index contributed by atoms with van der Waals surface area (Å²) < 4.78 is 26.8. The molecular formula is C27H48F2N4O2. The van der Waals surface area contributed by atoms with E-state index in [0.717, 1.165) is 51.9 Å². The molecule has 202 valence electrons. The Balaban J connectivity index is 1.54. The summed E-state index contributed by atoms with van der Waals surface area (Å²) in [5.74, 6) is -0.995. The van der Waals surface area contributed by atoms with E-state index in [1.54, 1.807) is 0 Å². The van der Waals surface area contributed by atoms with E-state index in [0.29, 0.717) is 43.8 Å². The Hall–Kier alpha value is -1.28. The van der Waals surface area contributed by atoms with Crippen molar-refractivity contribution in [2.75, 3.05) is 52.9 Å². The van der Waals surface area contributed by atoms with Crippen molar-refractivity contribution in [3.05, 3.63) is 0 Å². The molecule has 0 radical (unpaired) electrons. The van der Waals surface area contributed by atoms with Gasteiger partial charge < -0.3 is 14.7 Å². The highest BCUT2D eigenvalue weighted by molar-refractivity contribution is 5.90. The molecule has 0 aromatic heterocycles. The number of halogens is 2. The number of carbonyl (C=O) groups excluding carboxylic acids is 2. The fourth-order valence-corrected chi connectivity index (χ4v) is 5.88. The molecule has 35 heavy (non-hydrogen) atoms. The second-order valence-corrected chi connectivity index (χ2v) is 12.1. The van der Waals surface area contributed by atoms with Crippen LogP contribution in [0.3, 0.4) is 0 Å². The summed E-state index contributed by atoms with van der Waals surface area (Å²) >= 11 is 0. The molecule has 3 rings (SSSR count). The molecule has 0 aromatic rings. The lowest BCUT2D eigenvalue weighted by Gasteiger charge is -2.44. The third kappa shape index (κ3) is 7.85. The zero-order valence-electron chi connectivity index (χ0n) is 22.6. The van der Waals surface area contributed by atoms with Crippen LogP contribution in [0.5, 0.6) is 0 Å². The zero-order chi connectivity index (χ0) is 25.8. The Morgan fingerprint density at radius 2 is 1.60 bits per heavy atom. The minimum Gasteiger partial charge on any atom is -0.341 e. The molecular weight excluding hydrogens is 450 g/mol. The maximum Gasteiger partial charge on any atom is 0.250 e. The van der Waals surface area contributed by atoms with Crippen molar-refractivity contribution >= 4 is 11.8 Å². The van der Waals surface area contributed by atoms with Crippen LogP contribution < -0.4 is 0 Å². The highest BCUT2D eigenvalue weighted by atomic mass is 19.3. The third-order valence-electron chi connectivity index (χ3n) is 8.21. The number of likely N-dealkylation sites (tertiary alicyclic amines) is 2. The SMILES string of the molecule is CC(C)C[C@H]1C(=O)N([C@@H](CC(C)C)C(=O)N2CCC(CCN3CCC(F)(F)CC3)CC2)CCN1C. The van der Waals surface area contributed by atoms with Crippen molar-refractivity contribution in [3.8, 4) is 0 Å². The van der Waals surface area contributed by atoms with Crippen molar-refractivity contribution in [1.29, 1.82) is 0 Å². The summed E-state index contributed by atoms with van der Waals surface area (Å²) in [4.78, 5) is 35.3. The normalized spacial score (nSPS) is 26.1. The van der Waals surface area contributed by atoms with E-state index in [2.05, 4.69) is 37.5 Å². The number of carbonyl (C=O) groups is 2. The predicted molar refractivity (Wildman–Crippen MR) is 135 cm³/mol. The van der Waals surface area contributed by atoms with Gasteiger partial charge in [-0.05, 0) is 63.5 Å². The van der Waals surface area contributed by atoms with E-state index < -0.39 is 5.92 Å². The topological polar surface area (TPSA) is 47.1 Å². The largest absolute Gasteiger partial charge is 0.341 e. The summed E-state index contributed by atoms with van der Waals surface area (Å²) in [6.07, 6.45) is 4.38. The van der Waals surface area contributed by atoms with Crippen molar-refractivity contribution in [3.63, 3.8) is 0 Å². The van der Waals surface area contributed by atoms with Crippen LogP contribution in [0.25, 0.3) is 0 Å². The Labute approximate surface area is 211 Å². The quantitative estimate of drug-likeness (QED) is 0.483. The van der Waals surface area contributed by atoms with Crippen LogP contribution in [0, 0.1) is 17.8 Å². The van der Waals surface area contributed by atoms with Gasteiger partial charge in [0.05, 0.1) is 6.04 Å². The smallest absolute Gasteiger partial charge is 0.250 e.